The summed E-state index contributed by atoms with van der Waals surface area (Å²) in [5.41, 5.74) is 6.01. The molecule has 0 radical (unpaired) electrons. The number of aromatic nitrogens is 1. The van der Waals surface area contributed by atoms with E-state index in [9.17, 15) is 8.78 Å². The lowest BCUT2D eigenvalue weighted by atomic mass is 10.0. The molecule has 1 aromatic carbocycles. The molecule has 1 unspecified atom stereocenters. The van der Waals surface area contributed by atoms with Gasteiger partial charge in [-0.05, 0) is 18.2 Å². The first kappa shape index (κ1) is 11.2. The van der Waals surface area contributed by atoms with Crippen LogP contribution in [-0.4, -0.2) is 4.98 Å². The summed E-state index contributed by atoms with van der Waals surface area (Å²) >= 11 is 1.45. The number of benzene rings is 1. The van der Waals surface area contributed by atoms with Crippen molar-refractivity contribution in [3.05, 3.63) is 52.0 Å². The molecule has 0 aliphatic heterocycles. The molecule has 2 N–H and O–H groups in total. The molecule has 0 aliphatic rings. The van der Waals surface area contributed by atoms with E-state index in [1.54, 1.807) is 6.20 Å². The minimum Gasteiger partial charge on any atom is -0.324 e. The van der Waals surface area contributed by atoms with Crippen LogP contribution in [0.5, 0.6) is 0 Å². The van der Waals surface area contributed by atoms with Crippen LogP contribution in [0.1, 0.15) is 16.6 Å². The van der Waals surface area contributed by atoms with Crippen molar-refractivity contribution in [2.75, 3.05) is 0 Å². The van der Waals surface area contributed by atoms with Crippen LogP contribution in [0.25, 0.3) is 0 Å². The van der Waals surface area contributed by atoms with Gasteiger partial charge in [-0.2, -0.15) is 0 Å². The highest BCUT2D eigenvalue weighted by Crippen LogP contribution is 2.21. The molecule has 5 heteroatoms. The van der Waals surface area contributed by atoms with Gasteiger partial charge in [0.2, 0.25) is 0 Å². The summed E-state index contributed by atoms with van der Waals surface area (Å²) in [4.78, 5) is 4.06. The molecule has 0 amide bonds. The Morgan fingerprint density at radius 2 is 2.19 bits per heavy atom. The lowest BCUT2D eigenvalue weighted by Gasteiger charge is -2.11. The van der Waals surface area contributed by atoms with Gasteiger partial charge in [-0.1, -0.05) is 0 Å². The molecule has 1 heterocycles. The van der Waals surface area contributed by atoms with Gasteiger partial charge in [-0.25, -0.2) is 13.8 Å². The Bertz CT molecular complexity index is 471. The number of nitrogens with zero attached hydrogens (tertiary/aromatic N) is 1. The zero-order valence-electron chi connectivity index (χ0n) is 8.36. The topological polar surface area (TPSA) is 38.9 Å². The van der Waals surface area contributed by atoms with Crippen molar-refractivity contribution in [2.24, 2.45) is 5.73 Å². The fourth-order valence-corrected chi connectivity index (χ4v) is 2.13. The fourth-order valence-electron chi connectivity index (χ4n) is 1.45. The molecule has 84 valence electrons. The van der Waals surface area contributed by atoms with E-state index in [4.69, 9.17) is 5.73 Å². The first-order valence-electron chi connectivity index (χ1n) is 4.75. The minimum absolute atomic E-state index is 0.190. The van der Waals surface area contributed by atoms with Gasteiger partial charge in [0.1, 0.15) is 11.6 Å². The smallest absolute Gasteiger partial charge is 0.128 e. The molecule has 1 atom stereocenters. The van der Waals surface area contributed by atoms with Crippen LogP contribution in [0.2, 0.25) is 0 Å². The Balaban J connectivity index is 2.20. The number of hydrogen-bond acceptors (Lipinski definition) is 3. The molecule has 0 aliphatic carbocycles. The fraction of sp³-hybridized carbons (Fsp3) is 0.182. The number of hydrogen-bond donors (Lipinski definition) is 1. The first-order valence-corrected chi connectivity index (χ1v) is 5.63. The highest BCUT2D eigenvalue weighted by Gasteiger charge is 2.14. The van der Waals surface area contributed by atoms with E-state index in [0.717, 1.165) is 23.2 Å². The lowest BCUT2D eigenvalue weighted by molar-refractivity contribution is 0.560. The Morgan fingerprint density at radius 1 is 1.38 bits per heavy atom. The molecule has 0 bridgehead atoms. The van der Waals surface area contributed by atoms with Crippen LogP contribution >= 0.6 is 11.3 Å². The number of rotatable bonds is 3. The highest BCUT2D eigenvalue weighted by molar-refractivity contribution is 7.09. The van der Waals surface area contributed by atoms with Gasteiger partial charge in [-0.3, -0.25) is 0 Å². The zero-order chi connectivity index (χ0) is 11.5. The first-order chi connectivity index (χ1) is 7.66. The SMILES string of the molecule is NC(Cc1nccs1)c1cc(F)ccc1F. The standard InChI is InChI=1S/C11H10F2N2S/c12-7-1-2-9(13)8(5-7)10(14)6-11-15-3-4-16-11/h1-5,10H,6,14H2. The lowest BCUT2D eigenvalue weighted by Crippen LogP contribution is -2.15. The van der Waals surface area contributed by atoms with Crippen molar-refractivity contribution in [3.63, 3.8) is 0 Å². The molecule has 2 aromatic rings. The summed E-state index contributed by atoms with van der Waals surface area (Å²) in [7, 11) is 0. The van der Waals surface area contributed by atoms with Crippen molar-refractivity contribution >= 4 is 11.3 Å². The number of halogens is 2. The van der Waals surface area contributed by atoms with E-state index in [1.165, 1.54) is 11.3 Å². The van der Waals surface area contributed by atoms with Gasteiger partial charge in [-0.15, -0.1) is 11.3 Å². The van der Waals surface area contributed by atoms with Gasteiger partial charge in [0.15, 0.2) is 0 Å². The van der Waals surface area contributed by atoms with Crippen molar-refractivity contribution in [2.45, 2.75) is 12.5 Å². The summed E-state index contributed by atoms with van der Waals surface area (Å²) in [6.07, 6.45) is 2.08. The second-order valence-electron chi connectivity index (χ2n) is 3.40. The van der Waals surface area contributed by atoms with E-state index in [1.807, 2.05) is 5.38 Å². The third-order valence-electron chi connectivity index (χ3n) is 2.24. The Hall–Kier alpha value is -1.33. The van der Waals surface area contributed by atoms with E-state index in [2.05, 4.69) is 4.98 Å². The minimum atomic E-state index is -0.568. The van der Waals surface area contributed by atoms with Gasteiger partial charge < -0.3 is 5.73 Å². The largest absolute Gasteiger partial charge is 0.324 e. The maximum Gasteiger partial charge on any atom is 0.128 e. The summed E-state index contributed by atoms with van der Waals surface area (Å²) < 4.78 is 26.3. The molecule has 2 rings (SSSR count). The molecule has 1 aromatic heterocycles. The summed E-state index contributed by atoms with van der Waals surface area (Å²) in [5, 5.41) is 2.64. The quantitative estimate of drug-likeness (QED) is 0.895. The molecule has 0 saturated heterocycles. The molecule has 0 saturated carbocycles. The van der Waals surface area contributed by atoms with Crippen LogP contribution in [-0.2, 0) is 6.42 Å². The molecular formula is C11H10F2N2S. The van der Waals surface area contributed by atoms with Crippen molar-refractivity contribution in [3.8, 4) is 0 Å². The van der Waals surface area contributed by atoms with E-state index < -0.39 is 17.7 Å². The van der Waals surface area contributed by atoms with Gasteiger partial charge >= 0.3 is 0 Å². The summed E-state index contributed by atoms with van der Waals surface area (Å²) in [6, 6.07) is 2.73. The Kier molecular flexibility index (Phi) is 3.26. The third-order valence-corrected chi connectivity index (χ3v) is 3.04. The van der Waals surface area contributed by atoms with E-state index in [-0.39, 0.29) is 5.56 Å². The third kappa shape index (κ3) is 2.43. The van der Waals surface area contributed by atoms with Crippen LogP contribution in [0.15, 0.2) is 29.8 Å². The van der Waals surface area contributed by atoms with Gasteiger partial charge in [0.05, 0.1) is 5.01 Å². The summed E-state index contributed by atoms with van der Waals surface area (Å²) in [5.74, 6) is -0.962. The van der Waals surface area contributed by atoms with E-state index in [0.29, 0.717) is 6.42 Å². The normalized spacial score (nSPS) is 12.7. The van der Waals surface area contributed by atoms with Crippen molar-refractivity contribution < 1.29 is 8.78 Å². The second kappa shape index (κ2) is 4.67. The van der Waals surface area contributed by atoms with Crippen LogP contribution in [0.3, 0.4) is 0 Å². The molecule has 16 heavy (non-hydrogen) atoms. The van der Waals surface area contributed by atoms with Crippen molar-refractivity contribution in [1.82, 2.24) is 4.98 Å². The maximum atomic E-state index is 13.4. The maximum absolute atomic E-state index is 13.4. The average molecular weight is 240 g/mol. The van der Waals surface area contributed by atoms with Crippen LogP contribution in [0.4, 0.5) is 8.78 Å². The molecule has 2 nitrogen and oxygen atoms in total. The summed E-state index contributed by atoms with van der Waals surface area (Å²) in [6.45, 7) is 0. The second-order valence-corrected chi connectivity index (χ2v) is 4.38. The van der Waals surface area contributed by atoms with Crippen LogP contribution < -0.4 is 5.73 Å². The molecular weight excluding hydrogens is 230 g/mol. The number of thiazole rings is 1. The van der Waals surface area contributed by atoms with E-state index >= 15 is 0 Å². The Labute approximate surface area is 95.7 Å². The number of nitrogens with two attached hydrogens (primary N) is 1. The monoisotopic (exact) mass is 240 g/mol. The average Bonchev–Trinajstić information content (AvgIpc) is 2.74. The molecule has 0 spiro atoms. The predicted octanol–water partition coefficient (Wildman–Crippen LogP) is 2.66. The van der Waals surface area contributed by atoms with Gasteiger partial charge in [0, 0.05) is 29.6 Å². The zero-order valence-corrected chi connectivity index (χ0v) is 9.18. The van der Waals surface area contributed by atoms with Crippen molar-refractivity contribution in [1.29, 1.82) is 0 Å². The van der Waals surface area contributed by atoms with Gasteiger partial charge in [0.25, 0.3) is 0 Å². The highest BCUT2D eigenvalue weighted by atomic mass is 32.1. The predicted molar refractivity (Wildman–Crippen MR) is 59.1 cm³/mol. The molecule has 0 fully saturated rings. The Morgan fingerprint density at radius 3 is 2.88 bits per heavy atom. The van der Waals surface area contributed by atoms with Crippen LogP contribution in [0, 0.1) is 11.6 Å².